The van der Waals surface area contributed by atoms with Crippen LogP contribution in [0.4, 0.5) is 0 Å². The van der Waals surface area contributed by atoms with Crippen molar-refractivity contribution in [1.82, 2.24) is 5.32 Å². The summed E-state index contributed by atoms with van der Waals surface area (Å²) in [5, 5.41) is 3.63. The molecule has 0 heterocycles. The van der Waals surface area contributed by atoms with Gasteiger partial charge in [0.05, 0.1) is 0 Å². The smallest absolute Gasteiger partial charge is 0.00704 e. The van der Waals surface area contributed by atoms with Gasteiger partial charge in [-0.15, -0.1) is 6.58 Å². The van der Waals surface area contributed by atoms with Gasteiger partial charge in [-0.1, -0.05) is 24.6 Å². The minimum Gasteiger partial charge on any atom is -0.313 e. The van der Waals surface area contributed by atoms with E-state index in [1.807, 2.05) is 6.08 Å². The van der Waals surface area contributed by atoms with E-state index >= 15 is 0 Å². The predicted molar refractivity (Wildman–Crippen MR) is 67.9 cm³/mol. The van der Waals surface area contributed by atoms with Crippen molar-refractivity contribution in [2.45, 2.75) is 46.1 Å². The lowest BCUT2D eigenvalue weighted by Gasteiger charge is -2.28. The zero-order chi connectivity index (χ0) is 11.3. The van der Waals surface area contributed by atoms with Gasteiger partial charge in [0.25, 0.3) is 0 Å². The van der Waals surface area contributed by atoms with Gasteiger partial charge in [0.15, 0.2) is 0 Å². The van der Waals surface area contributed by atoms with Crippen LogP contribution in [0.5, 0.6) is 0 Å². The molecule has 0 aromatic heterocycles. The molecule has 0 saturated carbocycles. The van der Waals surface area contributed by atoms with Crippen LogP contribution < -0.4 is 5.32 Å². The Morgan fingerprint density at radius 2 is 2.33 bits per heavy atom. The first-order valence-electron chi connectivity index (χ1n) is 6.15. The molecular weight excluding hydrogens is 182 g/mol. The summed E-state index contributed by atoms with van der Waals surface area (Å²) >= 11 is 0. The van der Waals surface area contributed by atoms with E-state index in [0.29, 0.717) is 12.0 Å². The second-order valence-electron chi connectivity index (χ2n) is 5.00. The fourth-order valence-electron chi connectivity index (χ4n) is 2.19. The Bertz CT molecular complexity index is 229. The van der Waals surface area contributed by atoms with Crippen LogP contribution in [0.25, 0.3) is 0 Å². The molecule has 0 amide bonds. The SMILES string of the molecule is C=CC(C)CNC(C)C1CCC=C(C)C1. The Balaban J connectivity index is 2.30. The third kappa shape index (κ3) is 4.21. The third-order valence-electron chi connectivity index (χ3n) is 3.49. The van der Waals surface area contributed by atoms with Crippen LogP contribution in [0, 0.1) is 11.8 Å². The van der Waals surface area contributed by atoms with E-state index in [4.69, 9.17) is 0 Å². The van der Waals surface area contributed by atoms with Crippen LogP contribution in [0.3, 0.4) is 0 Å². The van der Waals surface area contributed by atoms with E-state index in [1.54, 1.807) is 5.57 Å². The molecule has 0 aliphatic heterocycles. The number of rotatable bonds is 5. The van der Waals surface area contributed by atoms with Gasteiger partial charge in [-0.3, -0.25) is 0 Å². The Labute approximate surface area is 94.6 Å². The molecule has 1 rings (SSSR count). The molecule has 0 aromatic rings. The molecule has 0 bridgehead atoms. The van der Waals surface area contributed by atoms with Crippen molar-refractivity contribution in [1.29, 1.82) is 0 Å². The number of nitrogens with one attached hydrogen (secondary N) is 1. The highest BCUT2D eigenvalue weighted by Gasteiger charge is 2.19. The topological polar surface area (TPSA) is 12.0 Å². The summed E-state index contributed by atoms with van der Waals surface area (Å²) in [5.41, 5.74) is 1.57. The van der Waals surface area contributed by atoms with Gasteiger partial charge >= 0.3 is 0 Å². The van der Waals surface area contributed by atoms with Crippen molar-refractivity contribution in [2.24, 2.45) is 11.8 Å². The average molecular weight is 207 g/mol. The molecular formula is C14H25N. The summed E-state index contributed by atoms with van der Waals surface area (Å²) < 4.78 is 0. The highest BCUT2D eigenvalue weighted by Crippen LogP contribution is 2.26. The fraction of sp³-hybridized carbons (Fsp3) is 0.714. The molecule has 0 fully saturated rings. The zero-order valence-corrected chi connectivity index (χ0v) is 10.4. The van der Waals surface area contributed by atoms with Gasteiger partial charge in [-0.2, -0.15) is 0 Å². The summed E-state index contributed by atoms with van der Waals surface area (Å²) in [6.45, 7) is 11.7. The van der Waals surface area contributed by atoms with Crippen LogP contribution in [0.2, 0.25) is 0 Å². The second kappa shape index (κ2) is 6.12. The minimum atomic E-state index is 0.577. The second-order valence-corrected chi connectivity index (χ2v) is 5.00. The van der Waals surface area contributed by atoms with Crippen molar-refractivity contribution >= 4 is 0 Å². The van der Waals surface area contributed by atoms with Gasteiger partial charge in [0, 0.05) is 12.6 Å². The van der Waals surface area contributed by atoms with Gasteiger partial charge in [-0.25, -0.2) is 0 Å². The van der Waals surface area contributed by atoms with E-state index in [0.717, 1.165) is 12.5 Å². The summed E-state index contributed by atoms with van der Waals surface area (Å²) in [6, 6.07) is 0.635. The van der Waals surface area contributed by atoms with Crippen molar-refractivity contribution in [3.8, 4) is 0 Å². The Morgan fingerprint density at radius 1 is 1.60 bits per heavy atom. The van der Waals surface area contributed by atoms with Crippen molar-refractivity contribution < 1.29 is 0 Å². The molecule has 1 aliphatic carbocycles. The Hall–Kier alpha value is -0.560. The van der Waals surface area contributed by atoms with Gasteiger partial charge in [0.1, 0.15) is 0 Å². The molecule has 0 saturated heterocycles. The number of hydrogen-bond donors (Lipinski definition) is 1. The molecule has 1 N–H and O–H groups in total. The molecule has 0 aromatic carbocycles. The van der Waals surface area contributed by atoms with Gasteiger partial charge in [0.2, 0.25) is 0 Å². The molecule has 86 valence electrons. The number of allylic oxidation sites excluding steroid dienone is 2. The lowest BCUT2D eigenvalue weighted by Crippen LogP contribution is -2.36. The van der Waals surface area contributed by atoms with Crippen LogP contribution in [0.1, 0.15) is 40.0 Å². The molecule has 0 spiro atoms. The van der Waals surface area contributed by atoms with E-state index in [2.05, 4.69) is 38.7 Å². The maximum absolute atomic E-state index is 3.81. The van der Waals surface area contributed by atoms with Crippen molar-refractivity contribution in [3.05, 3.63) is 24.3 Å². The van der Waals surface area contributed by atoms with Crippen LogP contribution in [0.15, 0.2) is 24.3 Å². The summed E-state index contributed by atoms with van der Waals surface area (Å²) in [4.78, 5) is 0. The van der Waals surface area contributed by atoms with Gasteiger partial charge in [-0.05, 0) is 44.9 Å². The first-order chi connectivity index (χ1) is 7.13. The third-order valence-corrected chi connectivity index (χ3v) is 3.49. The zero-order valence-electron chi connectivity index (χ0n) is 10.4. The largest absolute Gasteiger partial charge is 0.313 e. The molecule has 3 atom stereocenters. The Morgan fingerprint density at radius 3 is 2.93 bits per heavy atom. The lowest BCUT2D eigenvalue weighted by molar-refractivity contribution is 0.335. The monoisotopic (exact) mass is 207 g/mol. The van der Waals surface area contributed by atoms with E-state index in [-0.39, 0.29) is 0 Å². The van der Waals surface area contributed by atoms with Crippen LogP contribution in [-0.2, 0) is 0 Å². The van der Waals surface area contributed by atoms with Crippen LogP contribution >= 0.6 is 0 Å². The average Bonchev–Trinajstić information content (AvgIpc) is 2.25. The molecule has 3 unspecified atom stereocenters. The van der Waals surface area contributed by atoms with Gasteiger partial charge < -0.3 is 5.32 Å². The summed E-state index contributed by atoms with van der Waals surface area (Å²) in [7, 11) is 0. The van der Waals surface area contributed by atoms with E-state index in [1.165, 1.54) is 19.3 Å². The molecule has 15 heavy (non-hydrogen) atoms. The first kappa shape index (κ1) is 12.5. The predicted octanol–water partition coefficient (Wildman–Crippen LogP) is 3.53. The van der Waals surface area contributed by atoms with E-state index < -0.39 is 0 Å². The van der Waals surface area contributed by atoms with Crippen molar-refractivity contribution in [3.63, 3.8) is 0 Å². The highest BCUT2D eigenvalue weighted by molar-refractivity contribution is 5.04. The summed E-state index contributed by atoms with van der Waals surface area (Å²) in [5.74, 6) is 1.40. The fourth-order valence-corrected chi connectivity index (χ4v) is 2.19. The molecule has 1 aliphatic rings. The maximum atomic E-state index is 3.81. The van der Waals surface area contributed by atoms with E-state index in [9.17, 15) is 0 Å². The first-order valence-corrected chi connectivity index (χ1v) is 6.15. The standard InChI is InChI=1S/C14H25N/c1-5-11(2)10-15-13(4)14-8-6-7-12(3)9-14/h5,7,11,13-15H,1,6,8-10H2,2-4H3. The molecule has 0 radical (unpaired) electrons. The van der Waals surface area contributed by atoms with Crippen molar-refractivity contribution in [2.75, 3.05) is 6.54 Å². The minimum absolute atomic E-state index is 0.577. The molecule has 1 nitrogen and oxygen atoms in total. The highest BCUT2D eigenvalue weighted by atomic mass is 14.9. The molecule has 1 heteroatoms. The number of hydrogen-bond acceptors (Lipinski definition) is 1. The maximum Gasteiger partial charge on any atom is 0.00704 e. The lowest BCUT2D eigenvalue weighted by atomic mass is 9.85. The normalized spacial score (nSPS) is 25.5. The Kier molecular flexibility index (Phi) is 5.10. The quantitative estimate of drug-likeness (QED) is 0.680. The summed E-state index contributed by atoms with van der Waals surface area (Å²) in [6.07, 6.45) is 8.28. The van der Waals surface area contributed by atoms with Crippen LogP contribution in [-0.4, -0.2) is 12.6 Å².